The van der Waals surface area contributed by atoms with Crippen LogP contribution in [-0.2, 0) is 14.6 Å². The van der Waals surface area contributed by atoms with Crippen molar-refractivity contribution in [1.82, 2.24) is 0 Å². The van der Waals surface area contributed by atoms with E-state index in [1.807, 2.05) is 18.2 Å². The fourth-order valence-corrected chi connectivity index (χ4v) is 6.05. The largest absolute Gasteiger partial charge is 0.327 e. The van der Waals surface area contributed by atoms with Gasteiger partial charge in [0.1, 0.15) is 0 Å². The fraction of sp³-hybridized carbons (Fsp3) is 0.111. The molecule has 0 atom stereocenters. The van der Waals surface area contributed by atoms with Crippen molar-refractivity contribution in [2.75, 3.05) is 17.0 Å². The summed E-state index contributed by atoms with van der Waals surface area (Å²) in [6, 6.07) is 16.6. The normalized spacial score (nSPS) is 12.3. The van der Waals surface area contributed by atoms with Gasteiger partial charge in [-0.25, -0.2) is 8.42 Å². The molecule has 0 unspecified atom stereocenters. The van der Waals surface area contributed by atoms with E-state index in [9.17, 15) is 22.8 Å². The molecule has 2 N–H and O–H groups in total. The van der Waals surface area contributed by atoms with Crippen LogP contribution in [0.1, 0.15) is 0 Å². The first-order valence-electron chi connectivity index (χ1n) is 8.09. The monoisotopic (exact) mass is 503 g/mol. The maximum Gasteiger partial charge on any atom is 0.327 e. The van der Waals surface area contributed by atoms with Gasteiger partial charge in [-0.3, -0.25) is 8.87 Å². The standard InChI is InChI=1S/C18H16BrClNO5PS/c19-14-10-15(20)12-16(11-14)28(25,26)21(8-9-27(22,23)24)18-7-3-5-13-4-1-2-6-17(13)18/h1-7,10-12H,8-9H2,(H2,22,23,24). The summed E-state index contributed by atoms with van der Waals surface area (Å²) in [6.45, 7) is -0.384. The molecule has 28 heavy (non-hydrogen) atoms. The molecule has 3 aromatic carbocycles. The van der Waals surface area contributed by atoms with Crippen LogP contribution in [0.4, 0.5) is 5.69 Å². The number of nitrogens with zero attached hydrogens (tertiary/aromatic N) is 1. The predicted octanol–water partition coefficient (Wildman–Crippen LogP) is 4.63. The number of fused-ring (bicyclic) bond motifs is 1. The first-order chi connectivity index (χ1) is 13.1. The van der Waals surface area contributed by atoms with Crippen molar-refractivity contribution >= 4 is 61.6 Å². The summed E-state index contributed by atoms with van der Waals surface area (Å²) < 4.78 is 39.7. The second kappa shape index (κ2) is 8.14. The highest BCUT2D eigenvalue weighted by Crippen LogP contribution is 2.37. The third kappa shape index (κ3) is 4.76. The lowest BCUT2D eigenvalue weighted by molar-refractivity contribution is 0.373. The Kier molecular flexibility index (Phi) is 6.20. The Morgan fingerprint density at radius 1 is 1.04 bits per heavy atom. The van der Waals surface area contributed by atoms with Crippen LogP contribution in [-0.4, -0.2) is 30.9 Å². The highest BCUT2D eigenvalue weighted by atomic mass is 79.9. The zero-order valence-corrected chi connectivity index (χ0v) is 18.4. The van der Waals surface area contributed by atoms with Gasteiger partial charge < -0.3 is 9.79 Å². The molecule has 148 valence electrons. The maximum absolute atomic E-state index is 13.4. The molecule has 0 saturated carbocycles. The molecule has 0 radical (unpaired) electrons. The molecule has 0 aliphatic heterocycles. The van der Waals surface area contributed by atoms with Crippen LogP contribution >= 0.6 is 35.1 Å². The Morgan fingerprint density at radius 3 is 2.39 bits per heavy atom. The van der Waals surface area contributed by atoms with Gasteiger partial charge >= 0.3 is 7.60 Å². The van der Waals surface area contributed by atoms with E-state index in [-0.39, 0.29) is 16.5 Å². The summed E-state index contributed by atoms with van der Waals surface area (Å²) >= 11 is 9.24. The number of rotatable bonds is 6. The van der Waals surface area contributed by atoms with Crippen LogP contribution < -0.4 is 4.31 Å². The van der Waals surface area contributed by atoms with Crippen molar-refractivity contribution in [3.05, 3.63) is 70.2 Å². The first-order valence-corrected chi connectivity index (χ1v) is 12.5. The number of benzene rings is 3. The second-order valence-corrected chi connectivity index (χ2v) is 11.1. The van der Waals surface area contributed by atoms with Gasteiger partial charge in [0.25, 0.3) is 10.0 Å². The van der Waals surface area contributed by atoms with Gasteiger partial charge in [0.05, 0.1) is 16.7 Å². The van der Waals surface area contributed by atoms with Crippen LogP contribution in [0, 0.1) is 0 Å². The van der Waals surface area contributed by atoms with Gasteiger partial charge in [-0.15, -0.1) is 0 Å². The number of anilines is 1. The molecule has 0 saturated heterocycles. The molecular weight excluding hydrogens is 489 g/mol. The Labute approximate surface area is 176 Å². The summed E-state index contributed by atoms with van der Waals surface area (Å²) in [7, 11) is -8.56. The minimum absolute atomic E-state index is 0.0782. The van der Waals surface area contributed by atoms with Crippen LogP contribution in [0.25, 0.3) is 10.8 Å². The molecular formula is C18H16BrClNO5PS. The SMILES string of the molecule is O=P(O)(O)CCN(c1cccc2ccccc12)S(=O)(=O)c1cc(Cl)cc(Br)c1. The summed E-state index contributed by atoms with van der Waals surface area (Å²) in [6.07, 6.45) is -0.614. The Bertz CT molecular complexity index is 1160. The van der Waals surface area contributed by atoms with Gasteiger partial charge in [-0.2, -0.15) is 0 Å². The van der Waals surface area contributed by atoms with Crippen LogP contribution in [0.2, 0.25) is 5.02 Å². The molecule has 0 aromatic heterocycles. The van der Waals surface area contributed by atoms with Crippen LogP contribution in [0.5, 0.6) is 0 Å². The average molecular weight is 505 g/mol. The third-order valence-corrected chi connectivity index (χ3v) is 7.30. The van der Waals surface area contributed by atoms with Crippen molar-refractivity contribution < 1.29 is 22.8 Å². The summed E-state index contributed by atoms with van der Waals surface area (Å²) in [4.78, 5) is 18.5. The molecule has 3 aromatic rings. The van der Waals surface area contributed by atoms with Crippen LogP contribution in [0.15, 0.2) is 70.0 Å². The second-order valence-electron chi connectivity index (χ2n) is 6.07. The predicted molar refractivity (Wildman–Crippen MR) is 115 cm³/mol. The van der Waals surface area contributed by atoms with Gasteiger partial charge in [-0.1, -0.05) is 63.9 Å². The Morgan fingerprint density at radius 2 is 1.71 bits per heavy atom. The highest BCUT2D eigenvalue weighted by Gasteiger charge is 2.29. The minimum atomic E-state index is -4.42. The molecule has 0 amide bonds. The number of hydrogen-bond acceptors (Lipinski definition) is 3. The molecule has 0 heterocycles. The Hall–Kier alpha value is -1.41. The Balaban J connectivity index is 2.20. The van der Waals surface area contributed by atoms with Crippen molar-refractivity contribution in [1.29, 1.82) is 0 Å². The van der Waals surface area contributed by atoms with Crippen molar-refractivity contribution in [2.45, 2.75) is 4.90 Å². The lowest BCUT2D eigenvalue weighted by atomic mass is 10.1. The van der Waals surface area contributed by atoms with Crippen LogP contribution in [0.3, 0.4) is 0 Å². The first kappa shape index (κ1) is 21.3. The molecule has 6 nitrogen and oxygen atoms in total. The van der Waals surface area contributed by atoms with E-state index >= 15 is 0 Å². The van der Waals surface area contributed by atoms with E-state index in [4.69, 9.17) is 11.6 Å². The smallest absolute Gasteiger partial charge is 0.324 e. The molecule has 10 heteroatoms. The third-order valence-electron chi connectivity index (χ3n) is 4.05. The lowest BCUT2D eigenvalue weighted by Gasteiger charge is -2.26. The van der Waals surface area contributed by atoms with Crippen molar-refractivity contribution in [2.24, 2.45) is 0 Å². The summed E-state index contributed by atoms with van der Waals surface area (Å²) in [5, 5.41) is 1.69. The van der Waals surface area contributed by atoms with E-state index in [2.05, 4.69) is 15.9 Å². The minimum Gasteiger partial charge on any atom is -0.324 e. The lowest BCUT2D eigenvalue weighted by Crippen LogP contribution is -2.33. The van der Waals surface area contributed by atoms with E-state index in [1.165, 1.54) is 12.1 Å². The fourth-order valence-electron chi connectivity index (χ4n) is 2.82. The van der Waals surface area contributed by atoms with E-state index < -0.39 is 23.8 Å². The highest BCUT2D eigenvalue weighted by molar-refractivity contribution is 9.10. The average Bonchev–Trinajstić information content (AvgIpc) is 2.60. The zero-order chi connectivity index (χ0) is 20.5. The van der Waals surface area contributed by atoms with Gasteiger partial charge in [0, 0.05) is 21.4 Å². The van der Waals surface area contributed by atoms with E-state index in [0.717, 1.165) is 9.69 Å². The summed E-state index contributed by atoms with van der Waals surface area (Å²) in [5.74, 6) is 0. The molecule has 0 spiro atoms. The maximum atomic E-state index is 13.4. The number of sulfonamides is 1. The quantitative estimate of drug-likeness (QED) is 0.477. The number of halogens is 2. The van der Waals surface area contributed by atoms with Crippen molar-refractivity contribution in [3.8, 4) is 0 Å². The topological polar surface area (TPSA) is 94.9 Å². The van der Waals surface area contributed by atoms with Crippen molar-refractivity contribution in [3.63, 3.8) is 0 Å². The zero-order valence-electron chi connectivity index (χ0n) is 14.4. The molecule has 0 aliphatic carbocycles. The molecule has 3 rings (SSSR count). The van der Waals surface area contributed by atoms with E-state index in [0.29, 0.717) is 15.5 Å². The molecule has 0 aliphatic rings. The van der Waals surface area contributed by atoms with Gasteiger partial charge in [0.2, 0.25) is 0 Å². The van der Waals surface area contributed by atoms with Gasteiger partial charge in [-0.05, 0) is 29.7 Å². The van der Waals surface area contributed by atoms with E-state index in [1.54, 1.807) is 30.3 Å². The summed E-state index contributed by atoms with van der Waals surface area (Å²) in [5.41, 5.74) is 0.336. The number of hydrogen-bond donors (Lipinski definition) is 2. The van der Waals surface area contributed by atoms with Gasteiger partial charge in [0.15, 0.2) is 0 Å². The molecule has 0 fully saturated rings. The molecule has 0 bridgehead atoms.